The smallest absolute Gasteiger partial charge is 0.212 e. The first-order chi connectivity index (χ1) is 12.7. The summed E-state index contributed by atoms with van der Waals surface area (Å²) in [5, 5.41) is 1.78. The molecule has 0 N–H and O–H groups in total. The van der Waals surface area contributed by atoms with Crippen molar-refractivity contribution >= 4 is 22.3 Å². The Bertz CT molecular complexity index is 1210. The molecule has 0 unspecified atom stereocenters. The molecule has 122 valence electrons. The molecule has 0 amide bonds. The van der Waals surface area contributed by atoms with Gasteiger partial charge in [-0.3, -0.25) is 14.6 Å². The molecule has 0 spiro atoms. The van der Waals surface area contributed by atoms with Gasteiger partial charge in [-0.25, -0.2) is 0 Å². The van der Waals surface area contributed by atoms with E-state index in [1.807, 2.05) is 72.8 Å². The zero-order valence-electron chi connectivity index (χ0n) is 13.8. The van der Waals surface area contributed by atoms with Crippen LogP contribution >= 0.6 is 0 Å². The number of ketones is 2. The molecule has 0 radical (unpaired) electrons. The van der Waals surface area contributed by atoms with Gasteiger partial charge in [-0.2, -0.15) is 0 Å². The van der Waals surface area contributed by atoms with Gasteiger partial charge in [0.25, 0.3) is 0 Å². The van der Waals surface area contributed by atoms with Gasteiger partial charge in [0.15, 0.2) is 5.78 Å². The second-order valence-corrected chi connectivity index (χ2v) is 6.35. The minimum Gasteiger partial charge on any atom is -0.289 e. The maximum atomic E-state index is 13.0. The largest absolute Gasteiger partial charge is 0.289 e. The van der Waals surface area contributed by atoms with E-state index in [0.29, 0.717) is 22.4 Å². The number of hydrogen-bond acceptors (Lipinski definition) is 3. The van der Waals surface area contributed by atoms with Crippen LogP contribution in [-0.2, 0) is 0 Å². The topological polar surface area (TPSA) is 47.0 Å². The van der Waals surface area contributed by atoms with E-state index in [1.165, 1.54) is 0 Å². The van der Waals surface area contributed by atoms with E-state index in [1.54, 1.807) is 6.20 Å². The van der Waals surface area contributed by atoms with Crippen molar-refractivity contribution in [3.05, 3.63) is 101 Å². The summed E-state index contributed by atoms with van der Waals surface area (Å²) in [6.45, 7) is 0. The number of aromatic nitrogens is 1. The fourth-order valence-electron chi connectivity index (χ4n) is 3.65. The highest BCUT2D eigenvalue weighted by molar-refractivity contribution is 6.26. The number of pyridine rings is 1. The van der Waals surface area contributed by atoms with E-state index in [0.717, 1.165) is 21.9 Å². The molecule has 1 heterocycles. The van der Waals surface area contributed by atoms with Crippen LogP contribution in [0.4, 0.5) is 0 Å². The molecule has 3 aromatic carbocycles. The highest BCUT2D eigenvalue weighted by atomic mass is 16.1. The van der Waals surface area contributed by atoms with Crippen molar-refractivity contribution < 1.29 is 9.59 Å². The maximum absolute atomic E-state index is 13.0. The van der Waals surface area contributed by atoms with Crippen molar-refractivity contribution in [1.29, 1.82) is 0 Å². The number of benzene rings is 3. The average molecular weight is 335 g/mol. The van der Waals surface area contributed by atoms with Gasteiger partial charge in [0.1, 0.15) is 5.69 Å². The Morgan fingerprint density at radius 3 is 2.38 bits per heavy atom. The van der Waals surface area contributed by atoms with Crippen molar-refractivity contribution in [1.82, 2.24) is 4.98 Å². The molecule has 0 fully saturated rings. The van der Waals surface area contributed by atoms with Crippen LogP contribution in [0.1, 0.15) is 32.0 Å². The fraction of sp³-hybridized carbons (Fsp3) is 0. The van der Waals surface area contributed by atoms with Crippen molar-refractivity contribution in [3.63, 3.8) is 0 Å². The third-order valence-corrected chi connectivity index (χ3v) is 4.83. The molecular weight excluding hydrogens is 322 g/mol. The quantitative estimate of drug-likeness (QED) is 0.440. The fourth-order valence-corrected chi connectivity index (χ4v) is 3.65. The molecule has 26 heavy (non-hydrogen) atoms. The van der Waals surface area contributed by atoms with E-state index in [4.69, 9.17) is 0 Å². The molecule has 1 aromatic heterocycles. The van der Waals surface area contributed by atoms with Crippen LogP contribution in [0.5, 0.6) is 0 Å². The van der Waals surface area contributed by atoms with E-state index >= 15 is 0 Å². The second-order valence-electron chi connectivity index (χ2n) is 6.35. The zero-order valence-corrected chi connectivity index (χ0v) is 13.8. The van der Waals surface area contributed by atoms with E-state index < -0.39 is 0 Å². The van der Waals surface area contributed by atoms with Crippen molar-refractivity contribution in [2.45, 2.75) is 0 Å². The van der Waals surface area contributed by atoms with Gasteiger partial charge >= 0.3 is 0 Å². The number of carbonyl (C=O) groups excluding carboxylic acids is 2. The third-order valence-electron chi connectivity index (χ3n) is 4.83. The van der Waals surface area contributed by atoms with Crippen LogP contribution in [0.2, 0.25) is 0 Å². The van der Waals surface area contributed by atoms with Crippen LogP contribution in [0.3, 0.4) is 0 Å². The summed E-state index contributed by atoms with van der Waals surface area (Å²) in [6.07, 6.45) is 1.63. The molecule has 0 bridgehead atoms. The van der Waals surface area contributed by atoms with Crippen molar-refractivity contribution in [3.8, 4) is 11.1 Å². The lowest BCUT2D eigenvalue weighted by Crippen LogP contribution is -2.12. The molecule has 3 heteroatoms. The summed E-state index contributed by atoms with van der Waals surface area (Å²) < 4.78 is 0. The average Bonchev–Trinajstić information content (AvgIpc) is 2.71. The Morgan fingerprint density at radius 2 is 1.54 bits per heavy atom. The van der Waals surface area contributed by atoms with Gasteiger partial charge in [-0.1, -0.05) is 54.6 Å². The molecular formula is C23H13NO2. The molecule has 3 nitrogen and oxygen atoms in total. The molecule has 1 aliphatic rings. The van der Waals surface area contributed by atoms with Crippen LogP contribution in [-0.4, -0.2) is 16.6 Å². The molecule has 4 aromatic rings. The Morgan fingerprint density at radius 1 is 0.731 bits per heavy atom. The number of fused-ring (bicyclic) bond motifs is 2. The summed E-state index contributed by atoms with van der Waals surface area (Å²) in [7, 11) is 0. The monoisotopic (exact) mass is 335 g/mol. The van der Waals surface area contributed by atoms with Gasteiger partial charge in [0, 0.05) is 33.8 Å². The molecule has 0 saturated heterocycles. The Labute approximate surface area is 149 Å². The van der Waals surface area contributed by atoms with Gasteiger partial charge < -0.3 is 0 Å². The first-order valence-corrected chi connectivity index (χ1v) is 8.40. The van der Waals surface area contributed by atoms with E-state index in [2.05, 4.69) is 4.98 Å². The Hall–Kier alpha value is -3.59. The highest BCUT2D eigenvalue weighted by Crippen LogP contribution is 2.39. The molecule has 1 aliphatic carbocycles. The van der Waals surface area contributed by atoms with Crippen LogP contribution < -0.4 is 0 Å². The van der Waals surface area contributed by atoms with Crippen molar-refractivity contribution in [2.24, 2.45) is 0 Å². The minimum absolute atomic E-state index is 0.0310. The zero-order chi connectivity index (χ0) is 17.7. The van der Waals surface area contributed by atoms with Crippen LogP contribution in [0, 0.1) is 0 Å². The lowest BCUT2D eigenvalue weighted by atomic mass is 9.83. The molecule has 0 aliphatic heterocycles. The predicted molar refractivity (Wildman–Crippen MR) is 100 cm³/mol. The van der Waals surface area contributed by atoms with Gasteiger partial charge in [0.05, 0.1) is 0 Å². The summed E-state index contributed by atoms with van der Waals surface area (Å²) in [4.78, 5) is 30.0. The normalized spacial score (nSPS) is 12.1. The first-order valence-electron chi connectivity index (χ1n) is 8.40. The van der Waals surface area contributed by atoms with Gasteiger partial charge in [-0.15, -0.1) is 0 Å². The molecule has 0 atom stereocenters. The summed E-state index contributed by atoms with van der Waals surface area (Å²) in [5.41, 5.74) is 4.01. The van der Waals surface area contributed by atoms with Gasteiger partial charge in [0.2, 0.25) is 5.78 Å². The number of hydrogen-bond donors (Lipinski definition) is 0. The number of rotatable bonds is 2. The Kier molecular flexibility index (Phi) is 3.09. The van der Waals surface area contributed by atoms with Crippen molar-refractivity contribution in [2.75, 3.05) is 0 Å². The minimum atomic E-state index is -0.0687. The third kappa shape index (κ3) is 2.04. The Balaban J connectivity index is 1.83. The van der Waals surface area contributed by atoms with E-state index in [9.17, 15) is 9.59 Å². The summed E-state index contributed by atoms with van der Waals surface area (Å²) in [5.74, 6) is -0.0997. The SMILES string of the molecule is O=C(c1ccccc1)c1cc2c3c(cccc3c1)C(=O)c1ncccc1-2. The molecule has 0 saturated carbocycles. The molecule has 5 rings (SSSR count). The summed E-state index contributed by atoms with van der Waals surface area (Å²) in [6, 6.07) is 22.3. The lowest BCUT2D eigenvalue weighted by Gasteiger charge is -2.19. The standard InChI is InChI=1S/C23H13NO2/c25-22(14-6-2-1-3-7-14)16-12-15-8-4-9-18-20(15)19(13-16)17-10-5-11-24-21(17)23(18)26/h1-13H. The van der Waals surface area contributed by atoms with Crippen LogP contribution in [0.25, 0.3) is 21.9 Å². The number of carbonyl (C=O) groups is 2. The van der Waals surface area contributed by atoms with Crippen LogP contribution in [0.15, 0.2) is 79.0 Å². The maximum Gasteiger partial charge on any atom is 0.212 e. The van der Waals surface area contributed by atoms with Gasteiger partial charge in [-0.05, 0) is 29.1 Å². The van der Waals surface area contributed by atoms with E-state index in [-0.39, 0.29) is 11.6 Å². The lowest BCUT2D eigenvalue weighted by molar-refractivity contribution is 0.103. The first kappa shape index (κ1) is 14.7. The summed E-state index contributed by atoms with van der Waals surface area (Å²) >= 11 is 0. The predicted octanol–water partition coefficient (Wildman–Crippen LogP) is 4.68. The number of nitrogens with zero attached hydrogens (tertiary/aromatic N) is 1. The second kappa shape index (κ2) is 5.46. The highest BCUT2D eigenvalue weighted by Gasteiger charge is 2.27.